The third-order valence-electron chi connectivity index (χ3n) is 2.16. The van der Waals surface area contributed by atoms with E-state index in [-0.39, 0.29) is 16.3 Å². The number of hydrogen-bond acceptors (Lipinski definition) is 4. The molecule has 0 saturated carbocycles. The minimum Gasteiger partial charge on any atom is -0.506 e. The summed E-state index contributed by atoms with van der Waals surface area (Å²) in [6.07, 6.45) is 0. The normalized spacial score (nSPS) is 18.2. The van der Waals surface area contributed by atoms with Crippen molar-refractivity contribution < 1.29 is 18.3 Å². The Morgan fingerprint density at radius 3 is 2.73 bits per heavy atom. The van der Waals surface area contributed by atoms with E-state index in [2.05, 4.69) is 5.32 Å². The number of carbonyl (C=O) groups is 1. The molecule has 1 aliphatic rings. The van der Waals surface area contributed by atoms with E-state index in [9.17, 15) is 18.3 Å². The van der Waals surface area contributed by atoms with Gasteiger partial charge in [0.1, 0.15) is 16.3 Å². The Kier molecular flexibility index (Phi) is 1.87. The number of nitrogens with zero attached hydrogens (tertiary/aromatic N) is 1. The fourth-order valence-corrected chi connectivity index (χ4v) is 2.53. The van der Waals surface area contributed by atoms with Crippen LogP contribution in [0.15, 0.2) is 23.1 Å². The molecule has 1 aromatic carbocycles. The Morgan fingerprint density at radius 2 is 2.07 bits per heavy atom. The highest BCUT2D eigenvalue weighted by molar-refractivity contribution is 7.90. The van der Waals surface area contributed by atoms with E-state index in [0.29, 0.717) is 4.31 Å². The average molecular weight is 228 g/mol. The van der Waals surface area contributed by atoms with E-state index < -0.39 is 16.1 Å². The van der Waals surface area contributed by atoms with Crippen molar-refractivity contribution in [1.29, 1.82) is 0 Å². The number of amides is 2. The van der Waals surface area contributed by atoms with Gasteiger partial charge in [0.15, 0.2) is 0 Å². The summed E-state index contributed by atoms with van der Waals surface area (Å²) in [6, 6.07) is 3.24. The second kappa shape index (κ2) is 2.86. The number of rotatable bonds is 0. The molecule has 0 spiro atoms. The quantitative estimate of drug-likeness (QED) is 0.635. The van der Waals surface area contributed by atoms with Crippen LogP contribution >= 0.6 is 0 Å². The maximum atomic E-state index is 11.7. The van der Waals surface area contributed by atoms with Gasteiger partial charge in [-0.05, 0) is 12.1 Å². The first-order valence-electron chi connectivity index (χ1n) is 4.06. The second-order valence-electron chi connectivity index (χ2n) is 3.05. The highest BCUT2D eigenvalue weighted by Gasteiger charge is 2.34. The SMILES string of the molecule is CN1C(=O)Nc2c(O)cccc2S1(=O)=O. The van der Waals surface area contributed by atoms with Crippen LogP contribution in [0, 0.1) is 0 Å². The Morgan fingerprint density at radius 1 is 1.40 bits per heavy atom. The number of nitrogens with one attached hydrogen (secondary N) is 1. The van der Waals surface area contributed by atoms with Crippen LogP contribution < -0.4 is 5.32 Å². The topological polar surface area (TPSA) is 86.7 Å². The number of carbonyl (C=O) groups excluding carboxylic acids is 1. The molecule has 0 radical (unpaired) electrons. The molecule has 1 aliphatic heterocycles. The summed E-state index contributed by atoms with van der Waals surface area (Å²) in [5, 5.41) is 11.7. The standard InChI is InChI=1S/C8H8N2O4S/c1-10-8(12)9-7-5(11)3-2-4-6(7)15(10,13)14/h2-4,11H,1H3,(H,9,12). The largest absolute Gasteiger partial charge is 0.506 e. The van der Waals surface area contributed by atoms with Crippen molar-refractivity contribution in [2.45, 2.75) is 4.90 Å². The maximum Gasteiger partial charge on any atom is 0.335 e. The zero-order chi connectivity index (χ0) is 11.2. The van der Waals surface area contributed by atoms with Gasteiger partial charge in [-0.25, -0.2) is 17.5 Å². The number of hydrogen-bond donors (Lipinski definition) is 2. The number of benzene rings is 1. The number of anilines is 1. The first-order valence-corrected chi connectivity index (χ1v) is 5.50. The van der Waals surface area contributed by atoms with E-state index >= 15 is 0 Å². The lowest BCUT2D eigenvalue weighted by molar-refractivity contribution is 0.239. The van der Waals surface area contributed by atoms with Crippen molar-refractivity contribution in [3.63, 3.8) is 0 Å². The van der Waals surface area contributed by atoms with Gasteiger partial charge in [0, 0.05) is 7.05 Å². The molecule has 0 atom stereocenters. The molecular formula is C8H8N2O4S. The van der Waals surface area contributed by atoms with Crippen molar-refractivity contribution in [2.75, 3.05) is 12.4 Å². The van der Waals surface area contributed by atoms with Crippen molar-refractivity contribution in [2.24, 2.45) is 0 Å². The molecule has 15 heavy (non-hydrogen) atoms. The third-order valence-corrected chi connectivity index (χ3v) is 3.94. The molecule has 6 nitrogen and oxygen atoms in total. The predicted octanol–water partition coefficient (Wildman–Crippen LogP) is 0.558. The van der Waals surface area contributed by atoms with Gasteiger partial charge in [-0.2, -0.15) is 0 Å². The van der Waals surface area contributed by atoms with Crippen molar-refractivity contribution in [1.82, 2.24) is 4.31 Å². The Bertz CT molecular complexity index is 538. The number of phenolic OH excluding ortho intramolecular Hbond substituents is 1. The number of phenols is 1. The molecule has 2 N–H and O–H groups in total. The fourth-order valence-electron chi connectivity index (χ4n) is 1.30. The monoisotopic (exact) mass is 228 g/mol. The van der Waals surface area contributed by atoms with E-state index in [1.807, 2.05) is 0 Å². The lowest BCUT2D eigenvalue weighted by Gasteiger charge is -2.25. The van der Waals surface area contributed by atoms with E-state index in [4.69, 9.17) is 0 Å². The van der Waals surface area contributed by atoms with Crippen LogP contribution in [-0.4, -0.2) is 30.9 Å². The van der Waals surface area contributed by atoms with E-state index in [1.165, 1.54) is 18.2 Å². The van der Waals surface area contributed by atoms with Crippen molar-refractivity contribution in [3.05, 3.63) is 18.2 Å². The highest BCUT2D eigenvalue weighted by atomic mass is 32.2. The lowest BCUT2D eigenvalue weighted by atomic mass is 10.3. The van der Waals surface area contributed by atoms with Gasteiger partial charge in [0.25, 0.3) is 10.0 Å². The molecule has 80 valence electrons. The third kappa shape index (κ3) is 1.23. The molecule has 2 amide bonds. The number of sulfonamides is 1. The van der Waals surface area contributed by atoms with Crippen LogP contribution in [0.5, 0.6) is 5.75 Å². The summed E-state index contributed by atoms with van der Waals surface area (Å²) in [5.41, 5.74) is -0.0689. The molecule has 0 fully saturated rings. The first kappa shape index (κ1) is 9.78. The van der Waals surface area contributed by atoms with Gasteiger partial charge in [-0.3, -0.25) is 0 Å². The van der Waals surface area contributed by atoms with Gasteiger partial charge in [-0.15, -0.1) is 0 Å². The lowest BCUT2D eigenvalue weighted by Crippen LogP contribution is -2.41. The summed E-state index contributed by atoms with van der Waals surface area (Å²) in [5.74, 6) is -0.266. The van der Waals surface area contributed by atoms with Gasteiger partial charge in [0.05, 0.1) is 0 Å². The summed E-state index contributed by atoms with van der Waals surface area (Å²) in [6.45, 7) is 0. The maximum absolute atomic E-state index is 11.7. The zero-order valence-corrected chi connectivity index (χ0v) is 8.58. The summed E-state index contributed by atoms with van der Waals surface area (Å²) < 4.78 is 24.0. The number of aromatic hydroxyl groups is 1. The molecule has 1 aromatic rings. The fraction of sp³-hybridized carbons (Fsp3) is 0.125. The van der Waals surface area contributed by atoms with Crippen molar-refractivity contribution >= 4 is 21.7 Å². The highest BCUT2D eigenvalue weighted by Crippen LogP contribution is 2.35. The Hall–Kier alpha value is -1.76. The van der Waals surface area contributed by atoms with Crippen LogP contribution in [0.1, 0.15) is 0 Å². The van der Waals surface area contributed by atoms with E-state index in [0.717, 1.165) is 7.05 Å². The number of fused-ring (bicyclic) bond motifs is 1. The molecule has 0 bridgehead atoms. The van der Waals surface area contributed by atoms with Crippen LogP contribution in [0.4, 0.5) is 10.5 Å². The van der Waals surface area contributed by atoms with Crippen LogP contribution in [0.25, 0.3) is 0 Å². The molecule has 0 saturated heterocycles. The number of urea groups is 1. The van der Waals surface area contributed by atoms with Gasteiger partial charge in [-0.1, -0.05) is 6.07 Å². The smallest absolute Gasteiger partial charge is 0.335 e. The predicted molar refractivity (Wildman–Crippen MR) is 52.1 cm³/mol. The van der Waals surface area contributed by atoms with E-state index in [1.54, 1.807) is 0 Å². The molecule has 0 aromatic heterocycles. The van der Waals surface area contributed by atoms with Gasteiger partial charge < -0.3 is 10.4 Å². The Balaban J connectivity index is 2.78. The Labute approximate surface area is 86.2 Å². The minimum atomic E-state index is -3.83. The first-order chi connectivity index (χ1) is 6.94. The molecule has 7 heteroatoms. The average Bonchev–Trinajstić information content (AvgIpc) is 2.17. The molecule has 0 aliphatic carbocycles. The molecule has 0 unspecified atom stereocenters. The summed E-state index contributed by atoms with van der Waals surface area (Å²) >= 11 is 0. The van der Waals surface area contributed by atoms with Gasteiger partial charge >= 0.3 is 6.03 Å². The van der Waals surface area contributed by atoms with Crippen LogP contribution in [0.3, 0.4) is 0 Å². The second-order valence-corrected chi connectivity index (χ2v) is 4.99. The van der Waals surface area contributed by atoms with Crippen molar-refractivity contribution in [3.8, 4) is 5.75 Å². The van der Waals surface area contributed by atoms with Crippen LogP contribution in [-0.2, 0) is 10.0 Å². The number of para-hydroxylation sites is 1. The molecular weight excluding hydrogens is 220 g/mol. The molecule has 1 heterocycles. The van der Waals surface area contributed by atoms with Gasteiger partial charge in [0.2, 0.25) is 0 Å². The summed E-state index contributed by atoms with van der Waals surface area (Å²) in [4.78, 5) is 11.1. The zero-order valence-electron chi connectivity index (χ0n) is 7.76. The minimum absolute atomic E-state index is 0.0689. The summed E-state index contributed by atoms with van der Waals surface area (Å²) in [7, 11) is -2.68. The molecule has 2 rings (SSSR count). The van der Waals surface area contributed by atoms with Crippen LogP contribution in [0.2, 0.25) is 0 Å².